The lowest BCUT2D eigenvalue weighted by Crippen LogP contribution is -2.38. The normalized spacial score (nSPS) is 21.5. The Morgan fingerprint density at radius 1 is 1.29 bits per heavy atom. The number of benzene rings is 1. The molecule has 1 aliphatic heterocycles. The van der Waals surface area contributed by atoms with Crippen LogP contribution in [0.4, 0.5) is 5.82 Å². The van der Waals surface area contributed by atoms with Crippen LogP contribution in [0.15, 0.2) is 46.6 Å². The minimum Gasteiger partial charge on any atom is -0.343 e. The Bertz CT molecular complexity index is 594. The lowest BCUT2D eigenvalue weighted by atomic mass is 9.97. The van der Waals surface area contributed by atoms with E-state index in [1.165, 1.54) is 0 Å². The average molecular weight is 225 g/mol. The van der Waals surface area contributed by atoms with Crippen LogP contribution in [0, 0.1) is 0 Å². The summed E-state index contributed by atoms with van der Waals surface area (Å²) < 4.78 is 0. The number of imidazole rings is 1. The first-order chi connectivity index (χ1) is 8.28. The number of nitrogens with zero attached hydrogens (tertiary/aromatic N) is 3. The van der Waals surface area contributed by atoms with E-state index in [4.69, 9.17) is 5.73 Å². The number of aromatic nitrogens is 2. The molecule has 2 aromatic rings. The maximum Gasteiger partial charge on any atom is 0.188 e. The second-order valence-corrected chi connectivity index (χ2v) is 4.01. The van der Waals surface area contributed by atoms with Crippen molar-refractivity contribution in [3.05, 3.63) is 47.9 Å². The second kappa shape index (κ2) is 3.66. The molecular weight excluding hydrogens is 214 g/mol. The van der Waals surface area contributed by atoms with Gasteiger partial charge in [-0.15, -0.1) is 0 Å². The molecule has 2 heterocycles. The summed E-state index contributed by atoms with van der Waals surface area (Å²) in [5.41, 5.74) is 7.28. The van der Waals surface area contributed by atoms with Crippen molar-refractivity contribution < 1.29 is 0 Å². The first-order valence-corrected chi connectivity index (χ1v) is 5.32. The summed E-state index contributed by atoms with van der Waals surface area (Å²) in [6.07, 6.45) is 2.16. The molecule has 1 aromatic heterocycles. The topological polar surface area (TPSA) is 79.4 Å². The largest absolute Gasteiger partial charge is 0.343 e. The van der Waals surface area contributed by atoms with Crippen molar-refractivity contribution in [1.29, 1.82) is 0 Å². The van der Waals surface area contributed by atoms with Gasteiger partial charge in [-0.05, 0) is 5.56 Å². The van der Waals surface area contributed by atoms with Crippen LogP contribution < -0.4 is 5.73 Å². The quantitative estimate of drug-likeness (QED) is 0.813. The molecular formula is C12H11N5. The summed E-state index contributed by atoms with van der Waals surface area (Å²) in [5, 5.41) is 0. The van der Waals surface area contributed by atoms with Gasteiger partial charge in [0.05, 0.1) is 12.3 Å². The number of nitrogens with one attached hydrogen (secondary N) is 1. The summed E-state index contributed by atoms with van der Waals surface area (Å²) in [6.45, 7) is 0. The van der Waals surface area contributed by atoms with Crippen LogP contribution in [0.25, 0.3) is 0 Å². The predicted molar refractivity (Wildman–Crippen MR) is 64.1 cm³/mol. The minimum atomic E-state index is -0.852. The van der Waals surface area contributed by atoms with E-state index >= 15 is 0 Å². The Kier molecular flexibility index (Phi) is 2.14. The molecule has 5 heteroatoms. The number of H-pyrrole nitrogens is 1. The van der Waals surface area contributed by atoms with E-state index in [9.17, 15) is 0 Å². The third kappa shape index (κ3) is 1.67. The van der Waals surface area contributed by atoms with E-state index in [-0.39, 0.29) is 0 Å². The van der Waals surface area contributed by atoms with Gasteiger partial charge in [-0.2, -0.15) is 9.98 Å². The van der Waals surface area contributed by atoms with Gasteiger partial charge in [0.2, 0.25) is 0 Å². The van der Waals surface area contributed by atoms with Gasteiger partial charge in [0.1, 0.15) is 5.69 Å². The van der Waals surface area contributed by atoms with Gasteiger partial charge in [-0.25, -0.2) is 4.98 Å². The summed E-state index contributed by atoms with van der Waals surface area (Å²) in [4.78, 5) is 15.2. The number of rotatable bonds is 2. The average Bonchev–Trinajstić information content (AvgIpc) is 2.80. The van der Waals surface area contributed by atoms with Crippen LogP contribution in [0.5, 0.6) is 0 Å². The molecule has 3 N–H and O–H groups in total. The van der Waals surface area contributed by atoms with Gasteiger partial charge < -0.3 is 10.7 Å². The predicted octanol–water partition coefficient (Wildman–Crippen LogP) is 1.58. The lowest BCUT2D eigenvalue weighted by molar-refractivity contribution is 0.453. The van der Waals surface area contributed by atoms with E-state index in [2.05, 4.69) is 26.0 Å². The van der Waals surface area contributed by atoms with Crippen LogP contribution in [-0.2, 0) is 12.1 Å². The van der Waals surface area contributed by atoms with Crippen LogP contribution in [0.3, 0.4) is 0 Å². The highest BCUT2D eigenvalue weighted by Gasteiger charge is 2.33. The highest BCUT2D eigenvalue weighted by atomic mass is 15.1. The van der Waals surface area contributed by atoms with Crippen molar-refractivity contribution in [2.45, 2.75) is 12.1 Å². The van der Waals surface area contributed by atoms with Crippen molar-refractivity contribution in [2.24, 2.45) is 15.7 Å². The maximum absolute atomic E-state index is 6.29. The maximum atomic E-state index is 6.29. The van der Waals surface area contributed by atoms with Gasteiger partial charge in [-0.3, -0.25) is 0 Å². The molecule has 1 aliphatic rings. The molecule has 0 saturated heterocycles. The van der Waals surface area contributed by atoms with Crippen molar-refractivity contribution in [3.8, 4) is 0 Å². The molecule has 0 aliphatic carbocycles. The molecule has 17 heavy (non-hydrogen) atoms. The number of aliphatic imine (C=N–C) groups is 2. The molecule has 5 nitrogen and oxygen atoms in total. The second-order valence-electron chi connectivity index (χ2n) is 4.01. The standard InChI is InChI=1S/C12H11N5/c13-12(6-9-4-2-1-3-5-9)10-11(15-7-14-10)16-8-17-12/h1-5,7H,6,13H2,(H,14,15). The molecule has 1 atom stereocenters. The Labute approximate surface area is 98.1 Å². The molecule has 0 spiro atoms. The van der Waals surface area contributed by atoms with Crippen molar-refractivity contribution in [2.75, 3.05) is 0 Å². The van der Waals surface area contributed by atoms with E-state index in [1.807, 2.05) is 30.3 Å². The lowest BCUT2D eigenvalue weighted by Gasteiger charge is -2.24. The minimum absolute atomic E-state index is 0.568. The fourth-order valence-corrected chi connectivity index (χ4v) is 1.94. The monoisotopic (exact) mass is 225 g/mol. The van der Waals surface area contributed by atoms with Crippen LogP contribution in [0.1, 0.15) is 11.3 Å². The summed E-state index contributed by atoms with van der Waals surface area (Å²) in [7, 11) is 0. The SMILES string of the molecule is NC1(Cc2ccccc2)N=C=Nc2nc[nH]c21. The third-order valence-electron chi connectivity index (χ3n) is 2.77. The first-order valence-electron chi connectivity index (χ1n) is 5.32. The molecule has 0 radical (unpaired) electrons. The summed E-state index contributed by atoms with van der Waals surface area (Å²) >= 11 is 0. The Morgan fingerprint density at radius 3 is 2.94 bits per heavy atom. The van der Waals surface area contributed by atoms with E-state index in [0.29, 0.717) is 12.2 Å². The number of fused-ring (bicyclic) bond motifs is 1. The van der Waals surface area contributed by atoms with Gasteiger partial charge in [0.25, 0.3) is 0 Å². The number of hydrogen-bond acceptors (Lipinski definition) is 4. The van der Waals surface area contributed by atoms with Crippen molar-refractivity contribution in [1.82, 2.24) is 9.97 Å². The number of hydrogen-bond donors (Lipinski definition) is 2. The molecule has 0 bridgehead atoms. The fourth-order valence-electron chi connectivity index (χ4n) is 1.94. The van der Waals surface area contributed by atoms with E-state index < -0.39 is 5.66 Å². The zero-order valence-corrected chi connectivity index (χ0v) is 9.09. The van der Waals surface area contributed by atoms with Gasteiger partial charge >= 0.3 is 0 Å². The first kappa shape index (κ1) is 9.96. The Hall–Kier alpha value is -2.23. The van der Waals surface area contributed by atoms with Crippen molar-refractivity contribution in [3.63, 3.8) is 0 Å². The van der Waals surface area contributed by atoms with Crippen molar-refractivity contribution >= 4 is 11.8 Å². The molecule has 84 valence electrons. The molecule has 0 amide bonds. The molecule has 1 aromatic carbocycles. The third-order valence-corrected chi connectivity index (χ3v) is 2.77. The number of nitrogens with two attached hydrogens (primary N) is 1. The summed E-state index contributed by atoms with van der Waals surface area (Å²) in [5.74, 6) is 0.568. The van der Waals surface area contributed by atoms with E-state index in [0.717, 1.165) is 11.3 Å². The fraction of sp³-hybridized carbons (Fsp3) is 0.167. The zero-order chi connectivity index (χ0) is 11.7. The zero-order valence-electron chi connectivity index (χ0n) is 9.09. The van der Waals surface area contributed by atoms with E-state index in [1.54, 1.807) is 6.33 Å². The Morgan fingerprint density at radius 2 is 2.12 bits per heavy atom. The smallest absolute Gasteiger partial charge is 0.188 e. The molecule has 0 fully saturated rings. The van der Waals surface area contributed by atoms with Gasteiger partial charge in [0.15, 0.2) is 11.5 Å². The van der Waals surface area contributed by atoms with Gasteiger partial charge in [-0.1, -0.05) is 30.3 Å². The highest BCUT2D eigenvalue weighted by molar-refractivity contribution is 5.57. The van der Waals surface area contributed by atoms with Crippen LogP contribution in [-0.4, -0.2) is 16.0 Å². The summed E-state index contributed by atoms with van der Waals surface area (Å²) in [6, 6.07) is 12.6. The highest BCUT2D eigenvalue weighted by Crippen LogP contribution is 2.31. The van der Waals surface area contributed by atoms with Gasteiger partial charge in [0, 0.05) is 6.42 Å². The van der Waals surface area contributed by atoms with Crippen LogP contribution >= 0.6 is 0 Å². The Balaban J connectivity index is 2.01. The molecule has 0 saturated carbocycles. The number of aromatic amines is 1. The molecule has 1 unspecified atom stereocenters. The van der Waals surface area contributed by atoms with Crippen LogP contribution in [0.2, 0.25) is 0 Å². The molecule has 3 rings (SSSR count).